The van der Waals surface area contributed by atoms with Crippen LogP contribution < -0.4 is 47.9 Å². The number of nitrogens with zero attached hydrogens (tertiary/aromatic N) is 19. The van der Waals surface area contributed by atoms with Gasteiger partial charge in [0.05, 0.1) is 79.5 Å². The summed E-state index contributed by atoms with van der Waals surface area (Å²) < 4.78 is 57.8. The van der Waals surface area contributed by atoms with E-state index in [9.17, 15) is 36.7 Å². The van der Waals surface area contributed by atoms with Gasteiger partial charge >= 0.3 is 0 Å². The third-order valence-electron chi connectivity index (χ3n) is 21.0. The van der Waals surface area contributed by atoms with Crippen molar-refractivity contribution in [3.05, 3.63) is 288 Å². The average molecular weight is 1880 g/mol. The van der Waals surface area contributed by atoms with Crippen LogP contribution in [-0.4, -0.2) is 180 Å². The number of carbonyl (C=O) groups is 4. The zero-order chi connectivity index (χ0) is 91.4. The minimum Gasteiger partial charge on any atom is -0.369 e. The molecule has 0 saturated carbocycles. The van der Waals surface area contributed by atoms with E-state index in [2.05, 4.69) is 143 Å². The molecule has 4 aromatic carbocycles. The summed E-state index contributed by atoms with van der Waals surface area (Å²) in [4.78, 5) is 130. The highest BCUT2D eigenvalue weighted by Gasteiger charge is 2.25. The SMILES string of the molecule is CNC(=O)c1c(F)cnc2c([C@H](C)CNc3cc(-c4ccc(C)nc4)ncn3)cccc12.CNC(=O)c1c(F)cnc2c([C@H](C)CNc3cc(-c4cnc(C)nc4)ncn3)cccc12.CNC(=O)c1ccnc2c([C@H](C)CNc3cc(-c4cnc(C)nc4)ncn3)ccc(F)c12.CNC(=O)c1ccnc2c([C@H](C)CNc3cc(-c4cnc(NC)nc4)ncn3)ccc(F)c12.S.S.S.S. The van der Waals surface area contributed by atoms with Crippen molar-refractivity contribution in [3.8, 4) is 45.0 Å². The first-order chi connectivity index (χ1) is 62.4. The number of fused-ring (bicyclic) bond motifs is 4. The van der Waals surface area contributed by atoms with Crippen LogP contribution in [-0.2, 0) is 0 Å². The Labute approximate surface area is 791 Å². The molecule has 0 spiro atoms. The Morgan fingerprint density at radius 3 is 0.962 bits per heavy atom. The van der Waals surface area contributed by atoms with E-state index >= 15 is 0 Å². The molecule has 0 aliphatic rings. The Hall–Kier alpha value is -14.8. The molecule has 40 heteroatoms. The van der Waals surface area contributed by atoms with Gasteiger partial charge in [-0.2, -0.15) is 54.0 Å². The fourth-order valence-corrected chi connectivity index (χ4v) is 14.1. The molecule has 32 nitrogen and oxygen atoms in total. The lowest BCUT2D eigenvalue weighted by molar-refractivity contribution is 0.0952. The van der Waals surface area contributed by atoms with Gasteiger partial charge < -0.3 is 47.9 Å². The van der Waals surface area contributed by atoms with Gasteiger partial charge in [0, 0.05) is 215 Å². The van der Waals surface area contributed by atoms with Gasteiger partial charge in [0.25, 0.3) is 23.6 Å². The number of aryl methyl sites for hydroxylation is 3. The zero-order valence-corrected chi connectivity index (χ0v) is 78.3. The number of pyridine rings is 5. The van der Waals surface area contributed by atoms with E-state index in [0.717, 1.165) is 68.3 Å². The highest BCUT2D eigenvalue weighted by atomic mass is 32.1. The quantitative estimate of drug-likeness (QED) is 0.0240. The summed E-state index contributed by atoms with van der Waals surface area (Å²) in [5.74, 6) is 0.584. The molecule has 9 N–H and O–H groups in total. The molecule has 0 aliphatic heterocycles. The first-order valence-electron chi connectivity index (χ1n) is 40.9. The van der Waals surface area contributed by atoms with Crippen LogP contribution >= 0.6 is 54.0 Å². The van der Waals surface area contributed by atoms with Crippen molar-refractivity contribution in [1.29, 1.82) is 0 Å². The van der Waals surface area contributed by atoms with Crippen molar-refractivity contribution in [2.24, 2.45) is 0 Å². The number of rotatable bonds is 25. The van der Waals surface area contributed by atoms with Gasteiger partial charge in [0.15, 0.2) is 11.6 Å². The van der Waals surface area contributed by atoms with Gasteiger partial charge in [-0.1, -0.05) is 76.2 Å². The smallest absolute Gasteiger partial charge is 0.254 e. The predicted octanol–water partition coefficient (Wildman–Crippen LogP) is 14.8. The Kier molecular flexibility index (Phi) is 36.6. The summed E-state index contributed by atoms with van der Waals surface area (Å²) in [6.07, 6.45) is 23.2. The molecule has 0 bridgehead atoms. The van der Waals surface area contributed by atoms with Crippen molar-refractivity contribution < 1.29 is 36.7 Å². The standard InChI is InChI=1S/C24H23FN6O.C23H23FN8O.2C23H22FN7O.4H2S/c1-14(10-28-21-9-20(30-13-31-21)16-8-7-15(2)27-11-16)17-5-4-6-18-22(24(32)26-3)19(25)12-29-23(17)18;1-13(15-4-5-17(24)20-16(22(33)25-2)6-7-27-21(15)20)9-28-19-8-18(31-12-32-19)14-10-29-23(26-3)30-11-14;1-13(9-29-20-8-19(30-12-31-20)15-10-27-14(2)28-11-15)16-4-5-18(24)21-17(23(32)25-3)6-7-26-22(16)21;1-13(8-28-20-7-19(30-12-31-20)15-9-26-14(2)27-10-15)16-5-4-6-17-21(23(32)25-3)18(24)11-29-22(16)17;;;;/h4-9,11-14H,10H2,1-3H3,(H,26,32)(H,28,30,31);4-8,10-13H,9H2,1-3H3,(H,25,33)(H,26,29,30)(H,28,31,32);4-8,10-13H,9H2,1-3H3,(H,25,32)(H,29,30,31);4-7,9-13H,8H2,1-3H3,(H,25,32)(H,28,30,31);4*1H2/t14-;3*13-;;;;/m1111..../s1. The second-order valence-corrected chi connectivity index (χ2v) is 29.8. The second-order valence-electron chi connectivity index (χ2n) is 29.8. The van der Waals surface area contributed by atoms with Gasteiger partial charge in [0.1, 0.15) is 71.9 Å². The number of nitrogens with one attached hydrogen (secondary N) is 9. The van der Waals surface area contributed by atoms with Crippen LogP contribution in [0.25, 0.3) is 88.6 Å². The minimum absolute atomic E-state index is 0. The average Bonchev–Trinajstić information content (AvgIpc) is 0.785. The summed E-state index contributed by atoms with van der Waals surface area (Å²) >= 11 is 0. The summed E-state index contributed by atoms with van der Waals surface area (Å²) in [5.41, 5.74) is 13.3. The highest BCUT2D eigenvalue weighted by Crippen LogP contribution is 2.35. The van der Waals surface area contributed by atoms with Crippen molar-refractivity contribution in [1.82, 2.24) is 116 Å². The van der Waals surface area contributed by atoms with Gasteiger partial charge in [-0.05, 0) is 79.4 Å². The predicted molar refractivity (Wildman–Crippen MR) is 528 cm³/mol. The van der Waals surface area contributed by atoms with Crippen LogP contribution in [0.2, 0.25) is 0 Å². The molecule has 12 aromatic heterocycles. The molecule has 0 fully saturated rings. The number of aromatic nitrogens is 19. The molecule has 16 rings (SSSR count). The summed E-state index contributed by atoms with van der Waals surface area (Å²) in [5, 5.41) is 27.6. The fraction of sp³-hybridized carbons (Fsp3) is 0.215. The Morgan fingerprint density at radius 1 is 0.316 bits per heavy atom. The molecular formula is C93H98F4N28O4S4. The van der Waals surface area contributed by atoms with Crippen molar-refractivity contribution in [3.63, 3.8) is 0 Å². The monoisotopic (exact) mass is 1870 g/mol. The van der Waals surface area contributed by atoms with Crippen molar-refractivity contribution >= 4 is 150 Å². The largest absolute Gasteiger partial charge is 0.369 e. The topological polar surface area (TPSA) is 421 Å². The fourth-order valence-electron chi connectivity index (χ4n) is 14.1. The lowest BCUT2D eigenvalue weighted by Gasteiger charge is -2.17. The van der Waals surface area contributed by atoms with Crippen LogP contribution in [0, 0.1) is 44.0 Å². The van der Waals surface area contributed by atoms with E-state index in [0.29, 0.717) is 117 Å². The molecule has 0 radical (unpaired) electrons. The van der Waals surface area contributed by atoms with Crippen LogP contribution in [0.1, 0.15) is 132 Å². The molecule has 133 heavy (non-hydrogen) atoms. The van der Waals surface area contributed by atoms with Gasteiger partial charge in [-0.3, -0.25) is 44.1 Å². The Bertz CT molecular complexity index is 6560. The number of benzene rings is 4. The van der Waals surface area contributed by atoms with Crippen molar-refractivity contribution in [2.45, 2.75) is 72.1 Å². The van der Waals surface area contributed by atoms with Gasteiger partial charge in [-0.15, -0.1) is 0 Å². The van der Waals surface area contributed by atoms with Gasteiger partial charge in [-0.25, -0.2) is 87.3 Å². The molecule has 0 saturated heterocycles. The van der Waals surface area contributed by atoms with Crippen LogP contribution in [0.5, 0.6) is 0 Å². The number of hydrogen-bond donors (Lipinski definition) is 9. The van der Waals surface area contributed by atoms with Crippen molar-refractivity contribution in [2.75, 3.05) is 88.0 Å². The molecule has 686 valence electrons. The van der Waals surface area contributed by atoms with E-state index in [1.165, 1.54) is 90.2 Å². The third kappa shape index (κ3) is 24.7. The number of para-hydroxylation sites is 2. The molecule has 12 heterocycles. The van der Waals surface area contributed by atoms with Gasteiger partial charge in [0.2, 0.25) is 5.95 Å². The number of carbonyl (C=O) groups excluding carboxylic acids is 4. The highest BCUT2D eigenvalue weighted by molar-refractivity contribution is 7.59. The molecule has 0 unspecified atom stereocenters. The van der Waals surface area contributed by atoms with E-state index < -0.39 is 35.1 Å². The molecule has 4 amide bonds. The van der Waals surface area contributed by atoms with Crippen LogP contribution in [0.15, 0.2) is 203 Å². The first-order valence-corrected chi connectivity index (χ1v) is 40.9. The normalized spacial score (nSPS) is 11.5. The molecule has 0 aliphatic carbocycles. The second kappa shape index (κ2) is 47.7. The maximum absolute atomic E-state index is 14.6. The number of amides is 4. The third-order valence-corrected chi connectivity index (χ3v) is 21.0. The summed E-state index contributed by atoms with van der Waals surface area (Å²) in [6.45, 7) is 15.8. The lowest BCUT2D eigenvalue weighted by Crippen LogP contribution is -2.20. The maximum Gasteiger partial charge on any atom is 0.254 e. The number of halogens is 4. The van der Waals surface area contributed by atoms with E-state index in [-0.39, 0.29) is 122 Å². The maximum atomic E-state index is 14.6. The Morgan fingerprint density at radius 2 is 0.639 bits per heavy atom. The summed E-state index contributed by atoms with van der Waals surface area (Å²) in [6, 6.07) is 31.4. The van der Waals surface area contributed by atoms with Crippen LogP contribution in [0.3, 0.4) is 0 Å². The van der Waals surface area contributed by atoms with E-state index in [4.69, 9.17) is 0 Å². The lowest BCUT2D eigenvalue weighted by atomic mass is 9.95. The molecular weight excluding hydrogens is 1780 g/mol. The number of anilines is 5. The number of hydrogen-bond acceptors (Lipinski definition) is 28. The minimum atomic E-state index is -0.645. The van der Waals surface area contributed by atoms with E-state index in [1.807, 2.05) is 109 Å². The van der Waals surface area contributed by atoms with E-state index in [1.54, 1.807) is 74.7 Å². The molecule has 16 aromatic rings. The zero-order valence-electron chi connectivity index (χ0n) is 74.3. The molecule has 4 atom stereocenters. The Balaban J connectivity index is 0.000000197. The summed E-state index contributed by atoms with van der Waals surface area (Å²) in [7, 11) is 7.74. The first kappa shape index (κ1) is 102. The van der Waals surface area contributed by atoms with Crippen LogP contribution in [0.4, 0.5) is 46.8 Å².